The van der Waals surface area contributed by atoms with Gasteiger partial charge in [-0.3, -0.25) is 4.79 Å². The molecule has 0 bridgehead atoms. The van der Waals surface area contributed by atoms with Gasteiger partial charge in [0.1, 0.15) is 0 Å². The third kappa shape index (κ3) is 2.40. The molecule has 3 fully saturated rings. The number of carbonyl (C=O) groups is 2. The molecule has 26 heavy (non-hydrogen) atoms. The highest BCUT2D eigenvalue weighted by atomic mass is 16.5. The Morgan fingerprint density at radius 3 is 2.46 bits per heavy atom. The Morgan fingerprint density at radius 1 is 1.04 bits per heavy atom. The summed E-state index contributed by atoms with van der Waals surface area (Å²) < 4.78 is 4.95. The Balaban J connectivity index is 1.60. The van der Waals surface area contributed by atoms with Crippen LogP contribution in [-0.2, 0) is 14.3 Å². The van der Waals surface area contributed by atoms with Gasteiger partial charge in [-0.05, 0) is 85.9 Å². The molecule has 0 aromatic heterocycles. The second-order valence-electron chi connectivity index (χ2n) is 9.76. The van der Waals surface area contributed by atoms with Gasteiger partial charge in [-0.15, -0.1) is 0 Å². The minimum atomic E-state index is -0.586. The fraction of sp³-hybridized carbons (Fsp3) is 0.818. The van der Waals surface area contributed by atoms with E-state index in [4.69, 9.17) is 4.74 Å². The highest BCUT2D eigenvalue weighted by Crippen LogP contribution is 2.67. The summed E-state index contributed by atoms with van der Waals surface area (Å²) in [5.74, 6) is 1.45. The van der Waals surface area contributed by atoms with Crippen LogP contribution in [0, 0.1) is 40.4 Å². The van der Waals surface area contributed by atoms with Crippen molar-refractivity contribution < 1.29 is 19.4 Å². The van der Waals surface area contributed by atoms with Crippen LogP contribution in [0.4, 0.5) is 0 Å². The predicted molar refractivity (Wildman–Crippen MR) is 98.3 cm³/mol. The first-order valence-electron chi connectivity index (χ1n) is 10.3. The molecule has 4 aliphatic carbocycles. The Hall–Kier alpha value is -1.32. The fourth-order valence-electron chi connectivity index (χ4n) is 7.57. The normalized spacial score (nSPS) is 47.2. The number of ether oxygens (including phenoxy) is 1. The summed E-state index contributed by atoms with van der Waals surface area (Å²) in [4.78, 5) is 23.8. The quantitative estimate of drug-likeness (QED) is 0.740. The molecule has 0 amide bonds. The van der Waals surface area contributed by atoms with Crippen LogP contribution in [0.1, 0.15) is 65.2 Å². The van der Waals surface area contributed by atoms with E-state index in [9.17, 15) is 14.7 Å². The first-order chi connectivity index (χ1) is 12.3. The van der Waals surface area contributed by atoms with Crippen LogP contribution in [0.2, 0.25) is 0 Å². The third-order valence-corrected chi connectivity index (χ3v) is 9.02. The van der Waals surface area contributed by atoms with Gasteiger partial charge in [0.15, 0.2) is 0 Å². The van der Waals surface area contributed by atoms with Crippen LogP contribution in [0.15, 0.2) is 11.6 Å². The van der Waals surface area contributed by atoms with Gasteiger partial charge in [0.05, 0.1) is 13.0 Å². The van der Waals surface area contributed by atoms with Gasteiger partial charge in [-0.2, -0.15) is 0 Å². The minimum Gasteiger partial charge on any atom is -0.481 e. The van der Waals surface area contributed by atoms with Crippen LogP contribution >= 0.6 is 0 Å². The van der Waals surface area contributed by atoms with Crippen LogP contribution in [0.3, 0.4) is 0 Å². The van der Waals surface area contributed by atoms with Gasteiger partial charge < -0.3 is 9.84 Å². The Bertz CT molecular complexity index is 653. The molecule has 4 aliphatic rings. The number of carboxylic acids is 1. The molecule has 7 atom stereocenters. The summed E-state index contributed by atoms with van der Waals surface area (Å²) in [5.41, 5.74) is 1.10. The molecular formula is C22H32O4. The Kier molecular flexibility index (Phi) is 4.24. The molecule has 0 saturated heterocycles. The maximum absolute atomic E-state index is 12.0. The SMILES string of the molecule is COC(=O)C1=CC2CC[C@H]3[C@@H]4CC[C@H](C(=O)O)[C@@]4(C)CC[C@@H]3[C@@]2(C)CC1. The molecule has 0 heterocycles. The number of allylic oxidation sites excluding steroid dienone is 1. The minimum absolute atomic E-state index is 0.0160. The first-order valence-corrected chi connectivity index (χ1v) is 10.3. The van der Waals surface area contributed by atoms with E-state index >= 15 is 0 Å². The van der Waals surface area contributed by atoms with Gasteiger partial charge >= 0.3 is 11.9 Å². The standard InChI is InChI=1S/C22H32O4/c1-21-10-8-13(20(25)26-3)12-14(21)4-5-15-16-6-7-18(19(23)24)22(16,2)11-9-17(15)21/h12,14-18H,4-11H2,1-3H3,(H,23,24)/t14?,15-,16-,17-,18+,21-,22-/m0/s1. The summed E-state index contributed by atoms with van der Waals surface area (Å²) >= 11 is 0. The van der Waals surface area contributed by atoms with Crippen molar-refractivity contribution in [2.75, 3.05) is 7.11 Å². The number of hydrogen-bond acceptors (Lipinski definition) is 3. The molecule has 4 nitrogen and oxygen atoms in total. The van der Waals surface area contributed by atoms with Crippen molar-refractivity contribution in [1.29, 1.82) is 0 Å². The van der Waals surface area contributed by atoms with Crippen LogP contribution < -0.4 is 0 Å². The average molecular weight is 360 g/mol. The first kappa shape index (κ1) is 18.1. The average Bonchev–Trinajstić information content (AvgIpc) is 2.97. The number of hydrogen-bond donors (Lipinski definition) is 1. The van der Waals surface area contributed by atoms with Crippen molar-refractivity contribution in [1.82, 2.24) is 0 Å². The highest BCUT2D eigenvalue weighted by Gasteiger charge is 2.60. The lowest BCUT2D eigenvalue weighted by molar-refractivity contribution is -0.150. The smallest absolute Gasteiger partial charge is 0.333 e. The van der Waals surface area contributed by atoms with E-state index in [0.29, 0.717) is 23.7 Å². The summed E-state index contributed by atoms with van der Waals surface area (Å²) in [7, 11) is 1.47. The summed E-state index contributed by atoms with van der Waals surface area (Å²) in [6.07, 6.45) is 10.5. The zero-order valence-electron chi connectivity index (χ0n) is 16.3. The van der Waals surface area contributed by atoms with E-state index in [0.717, 1.165) is 50.5 Å². The molecule has 4 heteroatoms. The monoisotopic (exact) mass is 360 g/mol. The molecule has 4 rings (SSSR count). The summed E-state index contributed by atoms with van der Waals surface area (Å²) in [6.45, 7) is 4.69. The van der Waals surface area contributed by atoms with E-state index in [-0.39, 0.29) is 22.7 Å². The van der Waals surface area contributed by atoms with Gasteiger partial charge in [-0.25, -0.2) is 4.79 Å². The Labute approximate surface area is 156 Å². The van der Waals surface area contributed by atoms with E-state index in [1.807, 2.05) is 0 Å². The second kappa shape index (κ2) is 6.10. The van der Waals surface area contributed by atoms with E-state index in [2.05, 4.69) is 19.9 Å². The van der Waals surface area contributed by atoms with Crippen LogP contribution in [0.5, 0.6) is 0 Å². The third-order valence-electron chi connectivity index (χ3n) is 9.02. The molecule has 1 unspecified atom stereocenters. The predicted octanol–water partition coefficient (Wildman–Crippen LogP) is 4.44. The molecule has 0 spiro atoms. The van der Waals surface area contributed by atoms with Gasteiger partial charge in [0.25, 0.3) is 0 Å². The van der Waals surface area contributed by atoms with Crippen molar-refractivity contribution in [3.8, 4) is 0 Å². The molecule has 0 aromatic carbocycles. The number of carboxylic acid groups (broad SMARTS) is 1. The molecule has 0 aromatic rings. The van der Waals surface area contributed by atoms with Crippen LogP contribution in [-0.4, -0.2) is 24.2 Å². The molecule has 144 valence electrons. The molecule has 0 aliphatic heterocycles. The van der Waals surface area contributed by atoms with Crippen molar-refractivity contribution in [2.45, 2.75) is 65.2 Å². The number of rotatable bonds is 2. The zero-order valence-corrected chi connectivity index (χ0v) is 16.3. The number of aliphatic carboxylic acids is 1. The maximum atomic E-state index is 12.0. The lowest BCUT2D eigenvalue weighted by atomic mass is 9.45. The molecule has 1 N–H and O–H groups in total. The number of fused-ring (bicyclic) bond motifs is 5. The van der Waals surface area contributed by atoms with Crippen LogP contribution in [0.25, 0.3) is 0 Å². The Morgan fingerprint density at radius 2 is 1.77 bits per heavy atom. The molecule has 3 saturated carbocycles. The van der Waals surface area contributed by atoms with Crippen molar-refractivity contribution >= 4 is 11.9 Å². The van der Waals surface area contributed by atoms with Crippen molar-refractivity contribution in [3.05, 3.63) is 11.6 Å². The fourth-order valence-corrected chi connectivity index (χ4v) is 7.57. The topological polar surface area (TPSA) is 63.6 Å². The largest absolute Gasteiger partial charge is 0.481 e. The van der Waals surface area contributed by atoms with E-state index < -0.39 is 5.97 Å². The van der Waals surface area contributed by atoms with E-state index in [1.54, 1.807) is 0 Å². The van der Waals surface area contributed by atoms with Crippen molar-refractivity contribution in [3.63, 3.8) is 0 Å². The zero-order chi connectivity index (χ0) is 18.7. The van der Waals surface area contributed by atoms with Gasteiger partial charge in [0.2, 0.25) is 0 Å². The number of methoxy groups -OCH3 is 1. The number of esters is 1. The van der Waals surface area contributed by atoms with Gasteiger partial charge in [-0.1, -0.05) is 19.9 Å². The number of carbonyl (C=O) groups excluding carboxylic acids is 1. The van der Waals surface area contributed by atoms with Crippen molar-refractivity contribution in [2.24, 2.45) is 40.4 Å². The van der Waals surface area contributed by atoms with Gasteiger partial charge in [0, 0.05) is 5.57 Å². The summed E-state index contributed by atoms with van der Waals surface area (Å²) in [5, 5.41) is 9.70. The lowest BCUT2D eigenvalue weighted by Gasteiger charge is -2.59. The molecular weight excluding hydrogens is 328 g/mol. The highest BCUT2D eigenvalue weighted by molar-refractivity contribution is 5.88. The van der Waals surface area contributed by atoms with E-state index in [1.165, 1.54) is 13.5 Å². The molecule has 0 radical (unpaired) electrons. The lowest BCUT2D eigenvalue weighted by Crippen LogP contribution is -2.53. The summed E-state index contributed by atoms with van der Waals surface area (Å²) in [6, 6.07) is 0. The maximum Gasteiger partial charge on any atom is 0.333 e. The second-order valence-corrected chi connectivity index (χ2v) is 9.76.